The number of likely N-dealkylation sites (N-methyl/N-ethyl adjacent to an activating group) is 1. The molecule has 0 fully saturated rings. The van der Waals surface area contributed by atoms with E-state index in [2.05, 4.69) is 18.3 Å². The predicted octanol–water partition coefficient (Wildman–Crippen LogP) is 2.06. The van der Waals surface area contributed by atoms with Crippen molar-refractivity contribution in [2.24, 2.45) is 0 Å². The molecule has 0 bridgehead atoms. The minimum absolute atomic E-state index is 0.0263. The van der Waals surface area contributed by atoms with Gasteiger partial charge in [-0.25, -0.2) is 4.79 Å². The van der Waals surface area contributed by atoms with Crippen LogP contribution in [0.2, 0.25) is 0 Å². The highest BCUT2D eigenvalue weighted by molar-refractivity contribution is 7.09. The van der Waals surface area contributed by atoms with Crippen LogP contribution >= 0.6 is 11.3 Å². The van der Waals surface area contributed by atoms with E-state index in [9.17, 15) is 9.59 Å². The number of benzene rings is 1. The van der Waals surface area contributed by atoms with Gasteiger partial charge in [0.15, 0.2) is 6.54 Å². The molecule has 0 saturated heterocycles. The first kappa shape index (κ1) is 18.9. The second kappa shape index (κ2) is 8.29. The average molecular weight is 398 g/mol. The van der Waals surface area contributed by atoms with Crippen molar-refractivity contribution in [1.82, 2.24) is 5.32 Å². The van der Waals surface area contributed by atoms with Gasteiger partial charge in [-0.1, -0.05) is 6.07 Å². The number of fused-ring (bicyclic) bond motifs is 2. The van der Waals surface area contributed by atoms with Gasteiger partial charge >= 0.3 is 5.63 Å². The number of amides is 1. The van der Waals surface area contributed by atoms with Gasteiger partial charge in [-0.15, -0.1) is 11.3 Å². The molecule has 0 saturated carbocycles. The minimum atomic E-state index is -0.321. The van der Waals surface area contributed by atoms with Crippen molar-refractivity contribution in [3.63, 3.8) is 0 Å². The topological polar surface area (TPSA) is 63.8 Å². The zero-order valence-corrected chi connectivity index (χ0v) is 16.9. The summed E-state index contributed by atoms with van der Waals surface area (Å²) in [6.45, 7) is 4.45. The van der Waals surface area contributed by atoms with Crippen LogP contribution in [-0.4, -0.2) is 19.0 Å². The van der Waals surface area contributed by atoms with Crippen LogP contribution in [-0.2, 0) is 30.7 Å². The van der Waals surface area contributed by atoms with E-state index in [-0.39, 0.29) is 11.5 Å². The molecule has 1 aliphatic carbocycles. The number of rotatable bonds is 7. The summed E-state index contributed by atoms with van der Waals surface area (Å²) in [6.07, 6.45) is 3.29. The van der Waals surface area contributed by atoms with Crippen LogP contribution in [0.25, 0.3) is 11.0 Å². The van der Waals surface area contributed by atoms with Crippen LogP contribution in [0.15, 0.2) is 44.9 Å². The third-order valence-electron chi connectivity index (χ3n) is 5.43. The van der Waals surface area contributed by atoms with Gasteiger partial charge in [0.2, 0.25) is 0 Å². The van der Waals surface area contributed by atoms with E-state index in [1.165, 1.54) is 11.1 Å². The molecule has 146 valence electrons. The number of thiophene rings is 1. The Morgan fingerprint density at radius 2 is 2.07 bits per heavy atom. The van der Waals surface area contributed by atoms with Crippen LogP contribution in [0.3, 0.4) is 0 Å². The van der Waals surface area contributed by atoms with Gasteiger partial charge in [0.25, 0.3) is 5.91 Å². The maximum absolute atomic E-state index is 12.4. The summed E-state index contributed by atoms with van der Waals surface area (Å²) in [6, 6.07) is 9.80. The number of hydrogen-bond acceptors (Lipinski definition) is 4. The molecule has 1 unspecified atom stereocenters. The minimum Gasteiger partial charge on any atom is -0.423 e. The summed E-state index contributed by atoms with van der Waals surface area (Å²) in [5, 5.41) is 6.00. The molecule has 0 radical (unpaired) electrons. The fourth-order valence-corrected chi connectivity index (χ4v) is 4.56. The number of carbonyl (C=O) groups excluding carboxylic acids is 1. The van der Waals surface area contributed by atoms with Gasteiger partial charge in [-0.05, 0) is 60.9 Å². The highest BCUT2D eigenvalue weighted by Crippen LogP contribution is 2.28. The van der Waals surface area contributed by atoms with Gasteiger partial charge in [0.1, 0.15) is 12.1 Å². The van der Waals surface area contributed by atoms with Crippen molar-refractivity contribution in [2.75, 3.05) is 13.1 Å². The van der Waals surface area contributed by atoms with E-state index >= 15 is 0 Å². The van der Waals surface area contributed by atoms with Gasteiger partial charge in [0, 0.05) is 21.9 Å². The van der Waals surface area contributed by atoms with Crippen molar-refractivity contribution in [3.8, 4) is 0 Å². The van der Waals surface area contributed by atoms with Crippen LogP contribution in [0, 0.1) is 0 Å². The third-order valence-corrected chi connectivity index (χ3v) is 6.31. The predicted molar refractivity (Wildman–Crippen MR) is 111 cm³/mol. The summed E-state index contributed by atoms with van der Waals surface area (Å²) < 4.78 is 5.46. The Balaban J connectivity index is 1.50. The average Bonchev–Trinajstić information content (AvgIpc) is 3.35. The SMILES string of the molecule is CC[NH+](CC(=O)NCc1cccs1)Cc1cc(=O)oc2cc3c(cc12)CCC3. The summed E-state index contributed by atoms with van der Waals surface area (Å²) in [7, 11) is 0. The van der Waals surface area contributed by atoms with Gasteiger partial charge in [-0.2, -0.15) is 0 Å². The molecule has 0 spiro atoms. The molecule has 28 heavy (non-hydrogen) atoms. The van der Waals surface area contributed by atoms with E-state index in [1.54, 1.807) is 17.4 Å². The molecule has 2 N–H and O–H groups in total. The van der Waals surface area contributed by atoms with E-state index in [1.807, 2.05) is 23.6 Å². The molecule has 5 nitrogen and oxygen atoms in total. The highest BCUT2D eigenvalue weighted by Gasteiger charge is 2.19. The Bertz CT molecular complexity index is 1040. The summed E-state index contributed by atoms with van der Waals surface area (Å²) in [5.74, 6) is 0.0263. The number of quaternary nitrogens is 1. The van der Waals surface area contributed by atoms with Crippen LogP contribution < -0.4 is 15.8 Å². The van der Waals surface area contributed by atoms with Gasteiger partial charge in [0.05, 0.1) is 13.1 Å². The second-order valence-corrected chi connectivity index (χ2v) is 8.41. The molecule has 3 aromatic rings. The third kappa shape index (κ3) is 4.18. The molecule has 1 aliphatic rings. The second-order valence-electron chi connectivity index (χ2n) is 7.37. The Kier molecular flexibility index (Phi) is 5.59. The molecule has 2 aromatic heterocycles. The van der Waals surface area contributed by atoms with Gasteiger partial charge < -0.3 is 14.6 Å². The quantitative estimate of drug-likeness (QED) is 0.600. The van der Waals surface area contributed by atoms with Gasteiger partial charge in [-0.3, -0.25) is 4.79 Å². The summed E-state index contributed by atoms with van der Waals surface area (Å²) >= 11 is 1.64. The molecular weight excluding hydrogens is 372 g/mol. The molecule has 1 aromatic carbocycles. The molecule has 2 heterocycles. The molecule has 0 aliphatic heterocycles. The fraction of sp³-hybridized carbons (Fsp3) is 0.364. The van der Waals surface area contributed by atoms with Crippen molar-refractivity contribution in [1.29, 1.82) is 0 Å². The zero-order valence-electron chi connectivity index (χ0n) is 16.0. The highest BCUT2D eigenvalue weighted by atomic mass is 32.1. The molecule has 6 heteroatoms. The number of nitrogens with one attached hydrogen (secondary N) is 2. The lowest BCUT2D eigenvalue weighted by Gasteiger charge is -2.18. The number of aryl methyl sites for hydroxylation is 2. The summed E-state index contributed by atoms with van der Waals surface area (Å²) in [5.41, 5.74) is 3.96. The van der Waals surface area contributed by atoms with Crippen LogP contribution in [0.5, 0.6) is 0 Å². The molecule has 4 rings (SSSR count). The molecular formula is C22H25N2O3S+. The first-order valence-corrected chi connectivity index (χ1v) is 10.7. The van der Waals surface area contributed by atoms with E-state index in [0.29, 0.717) is 25.2 Å². The fourth-order valence-electron chi connectivity index (χ4n) is 3.91. The lowest BCUT2D eigenvalue weighted by atomic mass is 10.0. The van der Waals surface area contributed by atoms with Crippen LogP contribution in [0.1, 0.15) is 34.9 Å². The van der Waals surface area contributed by atoms with Crippen molar-refractivity contribution >= 4 is 28.2 Å². The maximum atomic E-state index is 12.4. The largest absolute Gasteiger partial charge is 0.423 e. The van der Waals surface area contributed by atoms with Crippen molar-refractivity contribution in [2.45, 2.75) is 39.3 Å². The van der Waals surface area contributed by atoms with E-state index in [4.69, 9.17) is 4.42 Å². The van der Waals surface area contributed by atoms with E-state index < -0.39 is 0 Å². The Hall–Kier alpha value is -2.44. The lowest BCUT2D eigenvalue weighted by molar-refractivity contribution is -0.904. The Morgan fingerprint density at radius 1 is 1.25 bits per heavy atom. The Morgan fingerprint density at radius 3 is 2.82 bits per heavy atom. The number of carbonyl (C=O) groups is 1. The first-order valence-electron chi connectivity index (χ1n) is 9.83. The van der Waals surface area contributed by atoms with E-state index in [0.717, 1.165) is 46.5 Å². The Labute approximate surface area is 168 Å². The lowest BCUT2D eigenvalue weighted by Crippen LogP contribution is -3.11. The monoisotopic (exact) mass is 397 g/mol. The smallest absolute Gasteiger partial charge is 0.336 e. The first-order chi connectivity index (χ1) is 13.6. The summed E-state index contributed by atoms with van der Waals surface area (Å²) in [4.78, 5) is 26.7. The number of hydrogen-bond donors (Lipinski definition) is 2. The zero-order chi connectivity index (χ0) is 19.5. The molecule has 1 amide bonds. The standard InChI is InChI=1S/C22H24N2O3S/c1-2-24(14-21(25)23-12-18-7-4-8-28-18)13-17-11-22(26)27-20-10-16-6-3-5-15(16)9-19(17)20/h4,7-11H,2-3,5-6,12-14H2,1H3,(H,23,25)/p+1. The van der Waals surface area contributed by atoms with Crippen molar-refractivity contribution in [3.05, 3.63) is 67.7 Å². The maximum Gasteiger partial charge on any atom is 0.336 e. The molecule has 1 atom stereocenters. The van der Waals surface area contributed by atoms with Crippen molar-refractivity contribution < 1.29 is 14.1 Å². The normalized spacial score (nSPS) is 14.2. The van der Waals surface area contributed by atoms with Crippen LogP contribution in [0.4, 0.5) is 0 Å².